The SMILES string of the molecule is CSc1ccc(Nc2ccc3c(c2)C(=O)N(CCc2c[nH]cn2)C(c2ccco2)C3)cc1. The van der Waals surface area contributed by atoms with E-state index in [0.717, 1.165) is 40.4 Å². The van der Waals surface area contributed by atoms with E-state index in [-0.39, 0.29) is 11.9 Å². The number of benzene rings is 2. The quantitative estimate of drug-likeness (QED) is 0.371. The molecule has 4 aromatic rings. The molecular weight excluding hydrogens is 420 g/mol. The number of amides is 1. The third-order valence-electron chi connectivity index (χ3n) is 5.80. The number of anilines is 2. The van der Waals surface area contributed by atoms with Gasteiger partial charge in [0.15, 0.2) is 0 Å². The summed E-state index contributed by atoms with van der Waals surface area (Å²) < 4.78 is 5.70. The number of rotatable bonds is 7. The minimum absolute atomic E-state index is 0.0181. The summed E-state index contributed by atoms with van der Waals surface area (Å²) in [5.41, 5.74) is 4.61. The molecule has 1 amide bonds. The second-order valence-electron chi connectivity index (χ2n) is 7.77. The van der Waals surface area contributed by atoms with Crippen molar-refractivity contribution in [3.8, 4) is 0 Å². The van der Waals surface area contributed by atoms with E-state index >= 15 is 0 Å². The molecule has 1 atom stereocenters. The topological polar surface area (TPSA) is 74.2 Å². The van der Waals surface area contributed by atoms with E-state index in [9.17, 15) is 4.79 Å². The third kappa shape index (κ3) is 4.16. The zero-order valence-corrected chi connectivity index (χ0v) is 18.6. The molecule has 0 aliphatic carbocycles. The molecule has 1 aliphatic heterocycles. The Morgan fingerprint density at radius 3 is 2.75 bits per heavy atom. The van der Waals surface area contributed by atoms with Crippen molar-refractivity contribution in [1.82, 2.24) is 14.9 Å². The first kappa shape index (κ1) is 20.5. The van der Waals surface area contributed by atoms with E-state index in [4.69, 9.17) is 4.42 Å². The van der Waals surface area contributed by atoms with Crippen molar-refractivity contribution in [2.45, 2.75) is 23.8 Å². The lowest BCUT2D eigenvalue weighted by Crippen LogP contribution is -2.41. The van der Waals surface area contributed by atoms with Crippen LogP contribution in [-0.2, 0) is 12.8 Å². The van der Waals surface area contributed by atoms with Crippen LogP contribution in [0.5, 0.6) is 0 Å². The number of aromatic nitrogens is 2. The van der Waals surface area contributed by atoms with Crippen LogP contribution in [0, 0.1) is 0 Å². The number of furan rings is 1. The van der Waals surface area contributed by atoms with Gasteiger partial charge in [-0.05, 0) is 60.4 Å². The van der Waals surface area contributed by atoms with Gasteiger partial charge in [0.25, 0.3) is 5.91 Å². The Labute approximate surface area is 191 Å². The van der Waals surface area contributed by atoms with Crippen LogP contribution >= 0.6 is 11.8 Å². The van der Waals surface area contributed by atoms with Crippen LogP contribution in [0.2, 0.25) is 0 Å². The maximum Gasteiger partial charge on any atom is 0.254 e. The zero-order valence-electron chi connectivity index (χ0n) is 17.7. The smallest absolute Gasteiger partial charge is 0.254 e. The summed E-state index contributed by atoms with van der Waals surface area (Å²) in [5, 5.41) is 3.42. The minimum Gasteiger partial charge on any atom is -0.467 e. The van der Waals surface area contributed by atoms with Crippen LogP contribution in [0.4, 0.5) is 11.4 Å². The fourth-order valence-electron chi connectivity index (χ4n) is 4.14. The minimum atomic E-state index is -0.123. The molecule has 0 saturated carbocycles. The van der Waals surface area contributed by atoms with Crippen molar-refractivity contribution in [2.24, 2.45) is 0 Å². The van der Waals surface area contributed by atoms with Crippen molar-refractivity contribution >= 4 is 29.0 Å². The van der Waals surface area contributed by atoms with Gasteiger partial charge in [0.1, 0.15) is 5.76 Å². The molecule has 2 aromatic heterocycles. The van der Waals surface area contributed by atoms with Gasteiger partial charge >= 0.3 is 0 Å². The Kier molecular flexibility index (Phi) is 5.73. The van der Waals surface area contributed by atoms with E-state index < -0.39 is 0 Å². The normalized spacial score (nSPS) is 15.6. The number of aromatic amines is 1. The Hall–Kier alpha value is -3.45. The van der Waals surface area contributed by atoms with E-state index in [2.05, 4.69) is 45.8 Å². The number of nitrogens with zero attached hydrogens (tertiary/aromatic N) is 2. The van der Waals surface area contributed by atoms with Gasteiger partial charge in [-0.1, -0.05) is 6.07 Å². The van der Waals surface area contributed by atoms with Crippen molar-refractivity contribution in [1.29, 1.82) is 0 Å². The van der Waals surface area contributed by atoms with Gasteiger partial charge < -0.3 is 19.6 Å². The molecule has 7 heteroatoms. The maximum absolute atomic E-state index is 13.6. The van der Waals surface area contributed by atoms with E-state index in [1.54, 1.807) is 24.4 Å². The molecule has 0 saturated heterocycles. The number of carbonyl (C=O) groups excluding carboxylic acids is 1. The summed E-state index contributed by atoms with van der Waals surface area (Å²) in [7, 11) is 0. The van der Waals surface area contributed by atoms with Crippen molar-refractivity contribution in [3.63, 3.8) is 0 Å². The van der Waals surface area contributed by atoms with Gasteiger partial charge in [0.05, 0.1) is 24.3 Å². The number of fused-ring (bicyclic) bond motifs is 1. The summed E-state index contributed by atoms with van der Waals surface area (Å²) in [5.74, 6) is 0.826. The number of H-pyrrole nitrogens is 1. The number of nitrogens with one attached hydrogen (secondary N) is 2. The molecule has 0 radical (unpaired) electrons. The fourth-order valence-corrected chi connectivity index (χ4v) is 4.55. The molecule has 2 aromatic carbocycles. The van der Waals surface area contributed by atoms with E-state index in [0.29, 0.717) is 13.0 Å². The highest BCUT2D eigenvalue weighted by Gasteiger charge is 2.34. The number of thioether (sulfide) groups is 1. The maximum atomic E-state index is 13.6. The van der Waals surface area contributed by atoms with Gasteiger partial charge in [-0.2, -0.15) is 0 Å². The number of imidazole rings is 1. The van der Waals surface area contributed by atoms with Crippen LogP contribution in [0.15, 0.2) is 82.7 Å². The van der Waals surface area contributed by atoms with Crippen molar-refractivity contribution < 1.29 is 9.21 Å². The number of carbonyl (C=O) groups is 1. The standard InChI is InChI=1S/C25H24N4O2S/c1-32-21-8-6-18(7-9-21)28-19-5-4-17-13-23(24-3-2-12-31-24)29(25(30)22(17)14-19)11-10-20-15-26-16-27-20/h2-9,12,14-16,23,28H,10-11,13H2,1H3,(H,26,27). The van der Waals surface area contributed by atoms with E-state index in [1.807, 2.05) is 41.4 Å². The fraction of sp³-hybridized carbons (Fsp3) is 0.200. The monoisotopic (exact) mass is 444 g/mol. The largest absolute Gasteiger partial charge is 0.467 e. The Morgan fingerprint density at radius 2 is 2.03 bits per heavy atom. The zero-order chi connectivity index (χ0) is 21.9. The average Bonchev–Trinajstić information content (AvgIpc) is 3.54. The molecule has 5 rings (SSSR count). The highest BCUT2D eigenvalue weighted by Crippen LogP contribution is 2.35. The van der Waals surface area contributed by atoms with Crippen LogP contribution < -0.4 is 5.32 Å². The molecule has 32 heavy (non-hydrogen) atoms. The van der Waals surface area contributed by atoms with Crippen LogP contribution in [-0.4, -0.2) is 33.6 Å². The summed E-state index contributed by atoms with van der Waals surface area (Å²) in [6, 6.07) is 18.0. The molecule has 0 spiro atoms. The molecule has 2 N–H and O–H groups in total. The predicted molar refractivity (Wildman–Crippen MR) is 126 cm³/mol. The van der Waals surface area contributed by atoms with Gasteiger partial charge in [-0.3, -0.25) is 4.79 Å². The van der Waals surface area contributed by atoms with Crippen LogP contribution in [0.25, 0.3) is 0 Å². The second kappa shape index (κ2) is 8.96. The highest BCUT2D eigenvalue weighted by molar-refractivity contribution is 7.98. The molecular formula is C25H24N4O2S. The number of hydrogen-bond acceptors (Lipinski definition) is 5. The lowest BCUT2D eigenvalue weighted by Gasteiger charge is -2.35. The first-order valence-corrected chi connectivity index (χ1v) is 11.8. The molecule has 3 heterocycles. The van der Waals surface area contributed by atoms with Crippen molar-refractivity contribution in [3.05, 3.63) is 96.0 Å². The molecule has 162 valence electrons. The Balaban J connectivity index is 1.42. The highest BCUT2D eigenvalue weighted by atomic mass is 32.2. The molecule has 0 bridgehead atoms. The van der Waals surface area contributed by atoms with Crippen LogP contribution in [0.3, 0.4) is 0 Å². The van der Waals surface area contributed by atoms with Crippen molar-refractivity contribution in [2.75, 3.05) is 18.1 Å². The molecule has 6 nitrogen and oxygen atoms in total. The van der Waals surface area contributed by atoms with Crippen LogP contribution in [0.1, 0.15) is 33.4 Å². The van der Waals surface area contributed by atoms with Gasteiger partial charge in [0, 0.05) is 47.4 Å². The third-order valence-corrected chi connectivity index (χ3v) is 6.55. The Bertz CT molecular complexity index is 1190. The molecule has 1 unspecified atom stereocenters. The first-order chi connectivity index (χ1) is 15.7. The average molecular weight is 445 g/mol. The van der Waals surface area contributed by atoms with Gasteiger partial charge in [-0.25, -0.2) is 4.98 Å². The van der Waals surface area contributed by atoms with Gasteiger partial charge in [0.2, 0.25) is 0 Å². The molecule has 0 fully saturated rings. The summed E-state index contributed by atoms with van der Waals surface area (Å²) in [4.78, 5) is 24.0. The number of hydrogen-bond donors (Lipinski definition) is 2. The lowest BCUT2D eigenvalue weighted by atomic mass is 9.91. The summed E-state index contributed by atoms with van der Waals surface area (Å²) >= 11 is 1.71. The second-order valence-corrected chi connectivity index (χ2v) is 8.65. The summed E-state index contributed by atoms with van der Waals surface area (Å²) in [6.45, 7) is 0.572. The first-order valence-electron chi connectivity index (χ1n) is 10.6. The lowest BCUT2D eigenvalue weighted by molar-refractivity contribution is 0.0625. The summed E-state index contributed by atoms with van der Waals surface area (Å²) in [6.07, 6.45) is 8.66. The molecule has 1 aliphatic rings. The Morgan fingerprint density at radius 1 is 1.19 bits per heavy atom. The predicted octanol–water partition coefficient (Wildman–Crippen LogP) is 5.45. The van der Waals surface area contributed by atoms with E-state index in [1.165, 1.54) is 4.90 Å². The van der Waals surface area contributed by atoms with Gasteiger partial charge in [-0.15, -0.1) is 11.8 Å².